The van der Waals surface area contributed by atoms with Crippen LogP contribution in [0.5, 0.6) is 0 Å². The van der Waals surface area contributed by atoms with E-state index in [2.05, 4.69) is 10.3 Å². The molecule has 2 N–H and O–H groups in total. The van der Waals surface area contributed by atoms with Crippen LogP contribution < -0.4 is 5.32 Å². The minimum Gasteiger partial charge on any atom is -0.360 e. The molecule has 6 heteroatoms. The molecular weight excluding hydrogens is 316 g/mol. The number of fused-ring (bicyclic) bond motifs is 1. The van der Waals surface area contributed by atoms with Crippen molar-refractivity contribution in [2.45, 2.75) is 31.7 Å². The van der Waals surface area contributed by atoms with Crippen molar-refractivity contribution in [1.29, 1.82) is 0 Å². The van der Waals surface area contributed by atoms with Gasteiger partial charge in [-0.2, -0.15) is 0 Å². The van der Waals surface area contributed by atoms with Gasteiger partial charge in [-0.05, 0) is 18.9 Å². The van der Waals surface area contributed by atoms with E-state index in [9.17, 15) is 9.59 Å². The van der Waals surface area contributed by atoms with Crippen molar-refractivity contribution in [3.8, 4) is 0 Å². The number of rotatable bonds is 2. The SMILES string of the molecule is O=C(NC1CCCC1)N1CCN(C(=O)c2c[nH]c3ccccc23)CC1. The fourth-order valence-electron chi connectivity index (χ4n) is 3.87. The summed E-state index contributed by atoms with van der Waals surface area (Å²) in [6.45, 7) is 2.34. The Morgan fingerprint density at radius 2 is 1.68 bits per heavy atom. The summed E-state index contributed by atoms with van der Waals surface area (Å²) in [5.74, 6) is 0.0355. The van der Waals surface area contributed by atoms with Crippen molar-refractivity contribution in [2.24, 2.45) is 0 Å². The first-order chi connectivity index (χ1) is 12.2. The Balaban J connectivity index is 1.36. The fourth-order valence-corrected chi connectivity index (χ4v) is 3.87. The van der Waals surface area contributed by atoms with Gasteiger partial charge in [-0.15, -0.1) is 0 Å². The highest BCUT2D eigenvalue weighted by atomic mass is 16.2. The van der Waals surface area contributed by atoms with Crippen LogP contribution in [0, 0.1) is 0 Å². The van der Waals surface area contributed by atoms with Gasteiger partial charge < -0.3 is 20.1 Å². The van der Waals surface area contributed by atoms with E-state index >= 15 is 0 Å². The average Bonchev–Trinajstić information content (AvgIpc) is 3.31. The number of aromatic nitrogens is 1. The first-order valence-electron chi connectivity index (χ1n) is 9.13. The lowest BCUT2D eigenvalue weighted by Gasteiger charge is -2.35. The van der Waals surface area contributed by atoms with Gasteiger partial charge in [0.1, 0.15) is 0 Å². The zero-order valence-electron chi connectivity index (χ0n) is 14.3. The first-order valence-corrected chi connectivity index (χ1v) is 9.13. The number of hydrogen-bond donors (Lipinski definition) is 2. The number of urea groups is 1. The molecule has 2 aromatic rings. The maximum atomic E-state index is 12.8. The van der Waals surface area contributed by atoms with Crippen LogP contribution in [-0.2, 0) is 0 Å². The van der Waals surface area contributed by atoms with Crippen molar-refractivity contribution in [2.75, 3.05) is 26.2 Å². The van der Waals surface area contributed by atoms with Crippen LogP contribution in [0.15, 0.2) is 30.5 Å². The van der Waals surface area contributed by atoms with Crippen molar-refractivity contribution in [3.05, 3.63) is 36.0 Å². The van der Waals surface area contributed by atoms with E-state index in [1.54, 1.807) is 6.20 Å². The van der Waals surface area contributed by atoms with Crippen LogP contribution in [0.3, 0.4) is 0 Å². The summed E-state index contributed by atoms with van der Waals surface area (Å²) in [5.41, 5.74) is 1.68. The van der Waals surface area contributed by atoms with E-state index in [-0.39, 0.29) is 11.9 Å². The molecule has 1 saturated heterocycles. The monoisotopic (exact) mass is 340 g/mol. The molecule has 0 spiro atoms. The van der Waals surface area contributed by atoms with Crippen LogP contribution in [-0.4, -0.2) is 58.9 Å². The topological polar surface area (TPSA) is 68.4 Å². The number of carbonyl (C=O) groups excluding carboxylic acids is 2. The zero-order valence-corrected chi connectivity index (χ0v) is 14.3. The summed E-state index contributed by atoms with van der Waals surface area (Å²) in [4.78, 5) is 32.0. The Morgan fingerprint density at radius 1 is 1.00 bits per heavy atom. The van der Waals surface area contributed by atoms with Gasteiger partial charge >= 0.3 is 6.03 Å². The van der Waals surface area contributed by atoms with Crippen LogP contribution in [0.25, 0.3) is 10.9 Å². The molecule has 0 radical (unpaired) electrons. The first kappa shape index (κ1) is 16.0. The standard InChI is InChI=1S/C19H24N4O2/c24-18(16-13-20-17-8-4-3-7-15(16)17)22-9-11-23(12-10-22)19(25)21-14-5-1-2-6-14/h3-4,7-8,13-14,20H,1-2,5-6,9-12H2,(H,21,25). The minimum atomic E-state index is 0.0195. The summed E-state index contributed by atoms with van der Waals surface area (Å²) in [7, 11) is 0. The second kappa shape index (κ2) is 6.78. The highest BCUT2D eigenvalue weighted by Crippen LogP contribution is 2.21. The molecule has 1 saturated carbocycles. The number of amides is 3. The molecule has 2 fully saturated rings. The lowest BCUT2D eigenvalue weighted by molar-refractivity contribution is 0.0665. The van der Waals surface area contributed by atoms with Crippen molar-refractivity contribution < 1.29 is 9.59 Å². The normalized spacial score (nSPS) is 18.7. The maximum absolute atomic E-state index is 12.8. The number of H-pyrrole nitrogens is 1. The molecule has 1 aliphatic carbocycles. The van der Waals surface area contributed by atoms with E-state index in [0.29, 0.717) is 37.8 Å². The number of piperazine rings is 1. The smallest absolute Gasteiger partial charge is 0.317 e. The lowest BCUT2D eigenvalue weighted by atomic mass is 10.1. The third kappa shape index (κ3) is 3.21. The number of benzene rings is 1. The van der Waals surface area contributed by atoms with Gasteiger partial charge in [0.05, 0.1) is 5.56 Å². The summed E-state index contributed by atoms with van der Waals surface area (Å²) >= 11 is 0. The number of carbonyl (C=O) groups is 2. The third-order valence-corrected chi connectivity index (χ3v) is 5.36. The second-order valence-electron chi connectivity index (χ2n) is 6.96. The van der Waals surface area contributed by atoms with Crippen molar-refractivity contribution >= 4 is 22.8 Å². The molecule has 1 aliphatic heterocycles. The van der Waals surface area contributed by atoms with Crippen molar-refractivity contribution in [1.82, 2.24) is 20.1 Å². The van der Waals surface area contributed by atoms with E-state index < -0.39 is 0 Å². The van der Waals surface area contributed by atoms with Crippen molar-refractivity contribution in [3.63, 3.8) is 0 Å². The molecule has 2 heterocycles. The van der Waals surface area contributed by atoms with E-state index in [0.717, 1.165) is 23.7 Å². The van der Waals surface area contributed by atoms with Gasteiger partial charge in [0.2, 0.25) is 0 Å². The number of aromatic amines is 1. The summed E-state index contributed by atoms with van der Waals surface area (Å²) in [6, 6.07) is 8.18. The van der Waals surface area contributed by atoms with E-state index in [1.807, 2.05) is 34.1 Å². The number of nitrogens with zero attached hydrogens (tertiary/aromatic N) is 2. The van der Waals surface area contributed by atoms with Gasteiger partial charge in [0.25, 0.3) is 5.91 Å². The highest BCUT2D eigenvalue weighted by Gasteiger charge is 2.27. The molecule has 1 aromatic carbocycles. The van der Waals surface area contributed by atoms with E-state index in [4.69, 9.17) is 0 Å². The zero-order chi connectivity index (χ0) is 17.2. The molecule has 4 rings (SSSR count). The van der Waals surface area contributed by atoms with E-state index in [1.165, 1.54) is 12.8 Å². The Labute approximate surface area is 147 Å². The molecule has 6 nitrogen and oxygen atoms in total. The molecule has 25 heavy (non-hydrogen) atoms. The van der Waals surface area contributed by atoms with Gasteiger partial charge in [0.15, 0.2) is 0 Å². The average molecular weight is 340 g/mol. The summed E-state index contributed by atoms with van der Waals surface area (Å²) in [5, 5.41) is 4.08. The van der Waals surface area contributed by atoms with Crippen LogP contribution in [0.1, 0.15) is 36.0 Å². The lowest BCUT2D eigenvalue weighted by Crippen LogP contribution is -2.54. The number of para-hydroxylation sites is 1. The molecular formula is C19H24N4O2. The van der Waals surface area contributed by atoms with Gasteiger partial charge in [0, 0.05) is 49.3 Å². The van der Waals surface area contributed by atoms with Crippen LogP contribution in [0.4, 0.5) is 4.79 Å². The summed E-state index contributed by atoms with van der Waals surface area (Å²) < 4.78 is 0. The fraction of sp³-hybridized carbons (Fsp3) is 0.474. The molecule has 1 aromatic heterocycles. The highest BCUT2D eigenvalue weighted by molar-refractivity contribution is 6.06. The predicted molar refractivity (Wildman–Crippen MR) is 96.6 cm³/mol. The second-order valence-corrected chi connectivity index (χ2v) is 6.96. The Bertz CT molecular complexity index is 771. The Hall–Kier alpha value is -2.50. The molecule has 0 atom stereocenters. The quantitative estimate of drug-likeness (QED) is 0.882. The Kier molecular flexibility index (Phi) is 4.34. The maximum Gasteiger partial charge on any atom is 0.317 e. The minimum absolute atomic E-state index is 0.0195. The number of nitrogens with one attached hydrogen (secondary N) is 2. The molecule has 2 aliphatic rings. The molecule has 3 amide bonds. The van der Waals surface area contributed by atoms with Gasteiger partial charge in [-0.25, -0.2) is 4.79 Å². The van der Waals surface area contributed by atoms with Gasteiger partial charge in [-0.1, -0.05) is 31.0 Å². The number of hydrogen-bond acceptors (Lipinski definition) is 2. The van der Waals surface area contributed by atoms with Crippen LogP contribution in [0.2, 0.25) is 0 Å². The van der Waals surface area contributed by atoms with Crippen LogP contribution >= 0.6 is 0 Å². The third-order valence-electron chi connectivity index (χ3n) is 5.36. The van der Waals surface area contributed by atoms with Gasteiger partial charge in [-0.3, -0.25) is 4.79 Å². The molecule has 0 bridgehead atoms. The summed E-state index contributed by atoms with van der Waals surface area (Å²) in [6.07, 6.45) is 6.37. The molecule has 132 valence electrons. The largest absolute Gasteiger partial charge is 0.360 e. The predicted octanol–water partition coefficient (Wildman–Crippen LogP) is 2.58. The Morgan fingerprint density at radius 3 is 2.44 bits per heavy atom. The molecule has 0 unspecified atom stereocenters.